The molecular formula is C70H128O9Sn. The van der Waals surface area contributed by atoms with Gasteiger partial charge >= 0.3 is 81.5 Å². The van der Waals surface area contributed by atoms with Gasteiger partial charge in [-0.1, -0.05) is 231 Å². The van der Waals surface area contributed by atoms with Gasteiger partial charge in [0, 0.05) is 0 Å². The SMILES string of the molecule is CCCCCCCC/C=C\CCCCCCCC/C(=C/C(=O)[O-])C(=O)[O-].CCCCCCCC/C=C\CCCCCCCCOC(=O)CC(O)C(=O)OCCCCCCCC/C=C\CCCCCCCC.CCC[CH2][Sn+2][CH2]CCC. The summed E-state index contributed by atoms with van der Waals surface area (Å²) in [6.45, 7) is 12.0. The van der Waals surface area contributed by atoms with Crippen LogP contribution < -0.4 is 10.2 Å². The van der Waals surface area contributed by atoms with Crippen molar-refractivity contribution in [2.75, 3.05) is 13.2 Å². The number of aliphatic carboxylic acids is 2. The van der Waals surface area contributed by atoms with Crippen LogP contribution in [0.5, 0.6) is 0 Å². The zero-order valence-corrected chi connectivity index (χ0v) is 56.0. The third kappa shape index (κ3) is 73.6. The van der Waals surface area contributed by atoms with Crippen LogP contribution in [0, 0.1) is 0 Å². The van der Waals surface area contributed by atoms with E-state index >= 15 is 0 Å². The van der Waals surface area contributed by atoms with Crippen LogP contribution >= 0.6 is 0 Å². The second-order valence-electron chi connectivity index (χ2n) is 22.4. The first-order chi connectivity index (χ1) is 39.1. The molecule has 0 bridgehead atoms. The van der Waals surface area contributed by atoms with Crippen molar-refractivity contribution in [2.45, 2.75) is 358 Å². The molecule has 0 aromatic heterocycles. The third-order valence-corrected chi connectivity index (χ3v) is 18.4. The Morgan fingerprint density at radius 3 is 0.988 bits per heavy atom. The number of carbonyl (C=O) groups excluding carboxylic acids is 4. The summed E-state index contributed by atoms with van der Waals surface area (Å²) < 4.78 is 13.6. The first-order valence-electron chi connectivity index (χ1n) is 33.9. The molecule has 0 heterocycles. The standard InChI is InChI=1S/C40H74O5.C22H38O4.2C4H9.Sn/c1-3-5-7-9-11-13-15-17-19-21-23-25-27-29-31-33-35-44-39(42)37-38(41)40(43)45-36-34-32-30-28-26-24-22-20-18-16-14-12-10-8-6-4-2;1-2-3-4-5-6-7-8-9-10-11-12-13-14-15-16-17-18-20(22(25)26)19-21(23)24;2*1-3-4-2;/h17-20,38,41H,3-16,21-37H2,1-2H3;9-10,19H,2-8,11-18H2,1H3,(H,23,24)(H,25,26);2*1,3-4H2,2H3;/q;;;;+2/p-2/b19-17-,20-18-;10-9-,20-19-;;;. The van der Waals surface area contributed by atoms with Crippen molar-refractivity contribution in [1.29, 1.82) is 0 Å². The van der Waals surface area contributed by atoms with Gasteiger partial charge in [0.2, 0.25) is 0 Å². The molecule has 0 aliphatic carbocycles. The molecule has 0 aliphatic rings. The molecule has 0 amide bonds. The van der Waals surface area contributed by atoms with Crippen LogP contribution in [0.15, 0.2) is 48.1 Å². The predicted molar refractivity (Wildman–Crippen MR) is 339 cm³/mol. The minimum absolute atomic E-state index is 0.149. The number of hydrogen-bond acceptors (Lipinski definition) is 9. The quantitative estimate of drug-likeness (QED) is 0.0206. The van der Waals surface area contributed by atoms with Gasteiger partial charge in [0.1, 0.15) is 0 Å². The van der Waals surface area contributed by atoms with E-state index in [1.54, 1.807) is 8.87 Å². The molecule has 466 valence electrons. The molecule has 1 unspecified atom stereocenters. The summed E-state index contributed by atoms with van der Waals surface area (Å²) in [5.41, 5.74) is -0.180. The van der Waals surface area contributed by atoms with E-state index < -0.39 is 30.0 Å². The zero-order chi connectivity index (χ0) is 59.3. The first kappa shape index (κ1) is 81.8. The van der Waals surface area contributed by atoms with E-state index in [4.69, 9.17) is 9.47 Å². The monoisotopic (exact) mass is 1230 g/mol. The van der Waals surface area contributed by atoms with Crippen molar-refractivity contribution in [3.63, 3.8) is 0 Å². The number of carbonyl (C=O) groups is 4. The second-order valence-corrected chi connectivity index (χ2v) is 26.7. The van der Waals surface area contributed by atoms with Crippen molar-refractivity contribution in [3.8, 4) is 0 Å². The molecule has 80 heavy (non-hydrogen) atoms. The zero-order valence-electron chi connectivity index (χ0n) is 53.1. The van der Waals surface area contributed by atoms with Crippen LogP contribution in [0.3, 0.4) is 0 Å². The van der Waals surface area contributed by atoms with E-state index in [9.17, 15) is 34.5 Å². The fraction of sp³-hybridized carbons (Fsp3) is 0.829. The van der Waals surface area contributed by atoms with Crippen LogP contribution in [0.25, 0.3) is 0 Å². The number of esters is 2. The van der Waals surface area contributed by atoms with Gasteiger partial charge in [-0.15, -0.1) is 0 Å². The maximum absolute atomic E-state index is 12.0. The number of aliphatic hydroxyl groups is 1. The van der Waals surface area contributed by atoms with Gasteiger partial charge in [-0.2, -0.15) is 0 Å². The molecule has 0 radical (unpaired) electrons. The molecule has 0 spiro atoms. The van der Waals surface area contributed by atoms with Crippen molar-refractivity contribution in [1.82, 2.24) is 0 Å². The van der Waals surface area contributed by atoms with Gasteiger partial charge in [-0.3, -0.25) is 4.79 Å². The summed E-state index contributed by atoms with van der Waals surface area (Å²) in [6, 6.07) is 0. The Bertz CT molecular complexity index is 1420. The van der Waals surface area contributed by atoms with Gasteiger partial charge < -0.3 is 34.4 Å². The summed E-state index contributed by atoms with van der Waals surface area (Å²) in [4.78, 5) is 45.1. The summed E-state index contributed by atoms with van der Waals surface area (Å²) in [6.07, 6.45) is 69.9. The number of ether oxygens (including phenoxy) is 2. The predicted octanol–water partition coefficient (Wildman–Crippen LogP) is 18.9. The number of carboxylic acid groups (broad SMARTS) is 2. The Balaban J connectivity index is -0.00000141. The summed E-state index contributed by atoms with van der Waals surface area (Å²) in [7, 11) is 0. The van der Waals surface area contributed by atoms with Crippen molar-refractivity contribution in [3.05, 3.63) is 48.1 Å². The Morgan fingerprint density at radius 2 is 0.675 bits per heavy atom. The van der Waals surface area contributed by atoms with Gasteiger partial charge in [0.05, 0.1) is 31.6 Å². The maximum atomic E-state index is 12.0. The molecule has 1 atom stereocenters. The number of aliphatic hydroxyl groups excluding tert-OH is 1. The number of allylic oxidation sites excluding steroid dienone is 6. The van der Waals surface area contributed by atoms with Crippen molar-refractivity contribution >= 4 is 45.0 Å². The fourth-order valence-electron chi connectivity index (χ4n) is 9.12. The number of unbranched alkanes of at least 4 members (excludes halogenated alkanes) is 38. The molecule has 1 N–H and O–H groups in total. The number of carboxylic acids is 2. The Kier molecular flexibility index (Phi) is 74.4. The van der Waals surface area contributed by atoms with Crippen LogP contribution in [0.2, 0.25) is 8.87 Å². The van der Waals surface area contributed by atoms with Crippen molar-refractivity contribution in [2.24, 2.45) is 0 Å². The van der Waals surface area contributed by atoms with E-state index in [1.807, 2.05) is 0 Å². The van der Waals surface area contributed by atoms with Crippen molar-refractivity contribution < 1.29 is 44.0 Å². The van der Waals surface area contributed by atoms with Gasteiger partial charge in [-0.05, 0) is 114 Å². The molecule has 10 heteroatoms. The number of rotatable bonds is 59. The van der Waals surface area contributed by atoms with Crippen LogP contribution in [-0.2, 0) is 28.7 Å². The van der Waals surface area contributed by atoms with Gasteiger partial charge in [-0.25, -0.2) is 4.79 Å². The van der Waals surface area contributed by atoms with E-state index in [0.717, 1.165) is 64.2 Å². The molecule has 9 nitrogen and oxygen atoms in total. The molecule has 0 rings (SSSR count). The average molecular weight is 1230 g/mol. The summed E-state index contributed by atoms with van der Waals surface area (Å²) in [5.74, 6) is -4.16. The molecule has 0 saturated carbocycles. The summed E-state index contributed by atoms with van der Waals surface area (Å²) >= 11 is 0.149. The number of hydrogen-bond donors (Lipinski definition) is 1. The average Bonchev–Trinajstić information content (AvgIpc) is 3.44. The van der Waals surface area contributed by atoms with E-state index in [1.165, 1.54) is 225 Å². The van der Waals surface area contributed by atoms with E-state index in [0.29, 0.717) is 25.7 Å². The molecular weight excluding hydrogens is 1100 g/mol. The van der Waals surface area contributed by atoms with Crippen LogP contribution in [-0.4, -0.2) is 69.4 Å². The third-order valence-electron chi connectivity index (χ3n) is 14.4. The Morgan fingerprint density at radius 1 is 0.388 bits per heavy atom. The summed E-state index contributed by atoms with van der Waals surface area (Å²) in [5, 5.41) is 31.1. The molecule has 0 aromatic carbocycles. The topological polar surface area (TPSA) is 153 Å². The molecule has 0 aromatic rings. The van der Waals surface area contributed by atoms with Crippen LogP contribution in [0.4, 0.5) is 0 Å². The Labute approximate surface area is 505 Å². The Hall–Kier alpha value is -2.40. The molecule has 0 fully saturated rings. The molecule has 0 aliphatic heterocycles. The van der Waals surface area contributed by atoms with Gasteiger partial charge in [0.15, 0.2) is 6.10 Å². The fourth-order valence-corrected chi connectivity index (χ4v) is 13.3. The molecule has 0 saturated heterocycles. The van der Waals surface area contributed by atoms with E-state index in [-0.39, 0.29) is 39.6 Å². The second kappa shape index (κ2) is 72.7. The normalized spacial score (nSPS) is 11.8. The van der Waals surface area contributed by atoms with Crippen LogP contribution in [0.1, 0.15) is 343 Å². The minimum atomic E-state index is -1.48. The van der Waals surface area contributed by atoms with Gasteiger partial charge in [0.25, 0.3) is 0 Å². The van der Waals surface area contributed by atoms with E-state index in [2.05, 4.69) is 71.1 Å². The first-order valence-corrected chi connectivity index (χ1v) is 37.9.